The highest BCUT2D eigenvalue weighted by Crippen LogP contribution is 2.33. The predicted molar refractivity (Wildman–Crippen MR) is 131 cm³/mol. The Kier molecular flexibility index (Phi) is 9.39. The molecule has 3 heterocycles. The third kappa shape index (κ3) is 6.52. The lowest BCUT2D eigenvalue weighted by molar-refractivity contribution is -0.148. The van der Waals surface area contributed by atoms with Crippen LogP contribution in [0.2, 0.25) is 0 Å². The Bertz CT molecular complexity index is 1290. The van der Waals surface area contributed by atoms with E-state index in [2.05, 4.69) is 4.98 Å². The first-order chi connectivity index (χ1) is 18.3. The van der Waals surface area contributed by atoms with Gasteiger partial charge in [0.25, 0.3) is 5.91 Å². The van der Waals surface area contributed by atoms with Crippen LogP contribution in [0.4, 0.5) is 26.3 Å². The van der Waals surface area contributed by atoms with Crippen molar-refractivity contribution in [2.75, 3.05) is 32.7 Å². The topological polar surface area (TPSA) is 105 Å². The summed E-state index contributed by atoms with van der Waals surface area (Å²) in [4.78, 5) is 45.4. The number of benzene rings is 1. The summed E-state index contributed by atoms with van der Waals surface area (Å²) >= 11 is 0. The fourth-order valence-electron chi connectivity index (χ4n) is 4.77. The van der Waals surface area contributed by atoms with E-state index in [1.807, 2.05) is 0 Å². The average molecular weight is 597 g/mol. The molecule has 0 aliphatic carbocycles. The third-order valence-corrected chi connectivity index (χ3v) is 6.84. The molecule has 0 spiro atoms. The summed E-state index contributed by atoms with van der Waals surface area (Å²) < 4.78 is 82.7. The lowest BCUT2D eigenvalue weighted by atomic mass is 10.0. The van der Waals surface area contributed by atoms with Crippen molar-refractivity contribution >= 4 is 30.1 Å². The van der Waals surface area contributed by atoms with Crippen LogP contribution in [0, 0.1) is 17.5 Å². The van der Waals surface area contributed by atoms with Crippen LogP contribution >= 0.6 is 12.4 Å². The van der Waals surface area contributed by atoms with Crippen molar-refractivity contribution in [3.05, 3.63) is 52.4 Å². The van der Waals surface area contributed by atoms with Gasteiger partial charge in [-0.2, -0.15) is 13.2 Å². The van der Waals surface area contributed by atoms with Crippen LogP contribution in [0.3, 0.4) is 0 Å². The minimum atomic E-state index is -4.84. The number of carbonyl (C=O) groups is 3. The maximum absolute atomic E-state index is 14.0. The van der Waals surface area contributed by atoms with E-state index in [9.17, 15) is 40.7 Å². The normalized spacial score (nSPS) is 16.4. The number of aromatic nitrogens is 2. The summed E-state index contributed by atoms with van der Waals surface area (Å²) in [7, 11) is 0. The second-order valence-corrected chi connectivity index (χ2v) is 9.52. The van der Waals surface area contributed by atoms with Gasteiger partial charge in [-0.25, -0.2) is 18.2 Å². The molecule has 16 heteroatoms. The number of amides is 3. The van der Waals surface area contributed by atoms with E-state index >= 15 is 0 Å². The second-order valence-electron chi connectivity index (χ2n) is 9.52. The number of alkyl halides is 3. The van der Waals surface area contributed by atoms with Gasteiger partial charge >= 0.3 is 6.18 Å². The van der Waals surface area contributed by atoms with Gasteiger partial charge in [-0.05, 0) is 18.1 Å². The van der Waals surface area contributed by atoms with Gasteiger partial charge in [0.1, 0.15) is 5.82 Å². The number of nitrogens with zero attached hydrogens (tertiary/aromatic N) is 5. The maximum atomic E-state index is 14.0. The maximum Gasteiger partial charge on any atom is 0.449 e. The van der Waals surface area contributed by atoms with Gasteiger partial charge in [-0.1, -0.05) is 0 Å². The first-order valence-electron chi connectivity index (χ1n) is 12.1. The SMILES string of the molecule is CC(=O)N1CCN(C(=O)c2nc(C(F)(F)F)n3c2CN(C(=O)CC(N)Cc2cc(F)c(F)cc2F)CC3)CC1.Cl. The molecule has 0 radical (unpaired) electrons. The Hall–Kier alpha value is -3.33. The molecule has 0 saturated carbocycles. The molecule has 2 aliphatic rings. The molecule has 0 bridgehead atoms. The van der Waals surface area contributed by atoms with Gasteiger partial charge in [0.05, 0.1) is 12.2 Å². The molecule has 1 fully saturated rings. The summed E-state index contributed by atoms with van der Waals surface area (Å²) in [6, 6.07) is 0.0382. The lowest BCUT2D eigenvalue weighted by Crippen LogP contribution is -2.50. The second kappa shape index (κ2) is 12.0. The van der Waals surface area contributed by atoms with Crippen LogP contribution < -0.4 is 5.73 Å². The smallest absolute Gasteiger partial charge is 0.339 e. The molecule has 2 aromatic rings. The fraction of sp³-hybridized carbons (Fsp3) is 0.500. The van der Waals surface area contributed by atoms with E-state index in [0.29, 0.717) is 12.1 Å². The van der Waals surface area contributed by atoms with Gasteiger partial charge in [-0.15, -0.1) is 12.4 Å². The zero-order chi connectivity index (χ0) is 28.6. The number of fused-ring (bicyclic) bond motifs is 1. The lowest BCUT2D eigenvalue weighted by Gasteiger charge is -2.34. The summed E-state index contributed by atoms with van der Waals surface area (Å²) in [5, 5.41) is 0. The van der Waals surface area contributed by atoms with Gasteiger partial charge < -0.3 is 25.0 Å². The number of hydrogen-bond acceptors (Lipinski definition) is 5. The quantitative estimate of drug-likeness (QED) is 0.422. The number of halogens is 7. The van der Waals surface area contributed by atoms with E-state index in [0.717, 1.165) is 4.57 Å². The van der Waals surface area contributed by atoms with Crippen LogP contribution in [0.25, 0.3) is 0 Å². The highest BCUT2D eigenvalue weighted by molar-refractivity contribution is 5.94. The Morgan fingerprint density at radius 2 is 1.50 bits per heavy atom. The van der Waals surface area contributed by atoms with Crippen molar-refractivity contribution in [3.8, 4) is 0 Å². The molecule has 40 heavy (non-hydrogen) atoms. The Morgan fingerprint density at radius 3 is 2.10 bits per heavy atom. The predicted octanol–water partition coefficient (Wildman–Crippen LogP) is 2.35. The molecule has 9 nitrogen and oxygen atoms in total. The molecule has 1 aromatic carbocycles. The van der Waals surface area contributed by atoms with Crippen LogP contribution in [-0.4, -0.2) is 80.7 Å². The number of nitrogens with two attached hydrogens (primary N) is 1. The molecule has 1 saturated heterocycles. The average Bonchev–Trinajstić information content (AvgIpc) is 3.26. The van der Waals surface area contributed by atoms with Gasteiger partial charge in [0.2, 0.25) is 17.6 Å². The van der Waals surface area contributed by atoms with Gasteiger partial charge in [0, 0.05) is 64.7 Å². The van der Waals surface area contributed by atoms with Gasteiger partial charge in [-0.3, -0.25) is 14.4 Å². The van der Waals surface area contributed by atoms with Crippen LogP contribution in [0.1, 0.15) is 40.9 Å². The zero-order valence-electron chi connectivity index (χ0n) is 21.3. The Labute approximate surface area is 231 Å². The first kappa shape index (κ1) is 31.2. The Morgan fingerprint density at radius 1 is 0.925 bits per heavy atom. The summed E-state index contributed by atoms with van der Waals surface area (Å²) in [5.41, 5.74) is 5.22. The number of imidazole rings is 1. The third-order valence-electron chi connectivity index (χ3n) is 6.84. The van der Waals surface area contributed by atoms with E-state index in [-0.39, 0.29) is 88.2 Å². The van der Waals surface area contributed by atoms with Crippen LogP contribution in [0.5, 0.6) is 0 Å². The Balaban J connectivity index is 0.00000441. The molecule has 1 unspecified atom stereocenters. The number of rotatable bonds is 5. The summed E-state index contributed by atoms with van der Waals surface area (Å²) in [6.07, 6.45) is -5.48. The molecule has 4 rings (SSSR count). The molecule has 220 valence electrons. The molecule has 1 atom stereocenters. The molecule has 2 aliphatic heterocycles. The van der Waals surface area contributed by atoms with E-state index in [4.69, 9.17) is 5.73 Å². The van der Waals surface area contributed by atoms with E-state index in [1.165, 1.54) is 21.6 Å². The summed E-state index contributed by atoms with van der Waals surface area (Å²) in [5.74, 6) is -6.39. The van der Waals surface area contributed by atoms with Gasteiger partial charge in [0.15, 0.2) is 17.3 Å². The molecular formula is C24H27ClF6N6O3. The molecular weight excluding hydrogens is 570 g/mol. The van der Waals surface area contributed by atoms with Crippen molar-refractivity contribution < 1.29 is 40.7 Å². The standard InChI is InChI=1S/C24H26F6N6O3.ClH/c1-13(37)33-2-4-34(5-3-33)22(39)21-19-12-35(6-7-36(19)23(32-21)24(28,29)30)20(38)10-15(31)8-14-9-17(26)18(27)11-16(14)25;/h9,11,15H,2-8,10,12,31H2,1H3;1H. The fourth-order valence-corrected chi connectivity index (χ4v) is 4.77. The molecule has 1 aromatic heterocycles. The van der Waals surface area contributed by atoms with E-state index in [1.54, 1.807) is 0 Å². The zero-order valence-corrected chi connectivity index (χ0v) is 22.1. The minimum absolute atomic E-state index is 0. The number of hydrogen-bond donors (Lipinski definition) is 1. The summed E-state index contributed by atoms with van der Waals surface area (Å²) in [6.45, 7) is 1.32. The van der Waals surface area contributed by atoms with Crippen molar-refractivity contribution in [2.24, 2.45) is 5.73 Å². The largest absolute Gasteiger partial charge is 0.449 e. The first-order valence-corrected chi connectivity index (χ1v) is 12.1. The highest BCUT2D eigenvalue weighted by atomic mass is 35.5. The van der Waals surface area contributed by atoms with Crippen molar-refractivity contribution in [1.29, 1.82) is 0 Å². The molecule has 2 N–H and O–H groups in total. The van der Waals surface area contributed by atoms with E-state index < -0.39 is 53.0 Å². The van der Waals surface area contributed by atoms with Crippen molar-refractivity contribution in [3.63, 3.8) is 0 Å². The number of carbonyl (C=O) groups excluding carboxylic acids is 3. The van der Waals surface area contributed by atoms with Crippen molar-refractivity contribution in [2.45, 2.75) is 45.1 Å². The number of piperazine rings is 1. The monoisotopic (exact) mass is 596 g/mol. The van der Waals surface area contributed by atoms with Crippen LogP contribution in [-0.2, 0) is 35.3 Å². The van der Waals surface area contributed by atoms with Crippen LogP contribution in [0.15, 0.2) is 12.1 Å². The highest BCUT2D eigenvalue weighted by Gasteiger charge is 2.42. The molecule has 3 amide bonds. The minimum Gasteiger partial charge on any atom is -0.339 e. The van der Waals surface area contributed by atoms with Crippen molar-refractivity contribution in [1.82, 2.24) is 24.3 Å².